The van der Waals surface area contributed by atoms with E-state index in [0.29, 0.717) is 0 Å². The molecular formula is C9H12N4O5. The molecule has 2 heterocycles. The van der Waals surface area contributed by atoms with Gasteiger partial charge < -0.3 is 25.3 Å². The molecule has 0 aromatic carbocycles. The van der Waals surface area contributed by atoms with Crippen molar-refractivity contribution in [3.05, 3.63) is 16.4 Å². The summed E-state index contributed by atoms with van der Waals surface area (Å²) >= 11 is 0. The van der Waals surface area contributed by atoms with Crippen molar-refractivity contribution in [2.45, 2.75) is 6.04 Å². The lowest BCUT2D eigenvalue weighted by Gasteiger charge is -2.16. The number of carboxylic acid groups (broad SMARTS) is 1. The smallest absolute Gasteiger partial charge is 0.406 e. The molecule has 1 aromatic heterocycles. The van der Waals surface area contributed by atoms with Crippen molar-refractivity contribution in [1.29, 1.82) is 0 Å². The van der Waals surface area contributed by atoms with Gasteiger partial charge in [0.2, 0.25) is 12.1 Å². The molecule has 1 fully saturated rings. The first-order valence-electron chi connectivity index (χ1n) is 5.23. The van der Waals surface area contributed by atoms with Crippen LogP contribution in [-0.2, 0) is 16.6 Å². The molecule has 0 bridgehead atoms. The van der Waals surface area contributed by atoms with Crippen LogP contribution in [0.2, 0.25) is 0 Å². The highest BCUT2D eigenvalue weighted by molar-refractivity contribution is 5.72. The Morgan fingerprint density at radius 1 is 1.72 bits per heavy atom. The minimum absolute atomic E-state index is 0.0959. The molecule has 98 valence electrons. The van der Waals surface area contributed by atoms with Crippen molar-refractivity contribution in [2.75, 3.05) is 18.5 Å². The molecule has 18 heavy (non-hydrogen) atoms. The molecule has 1 aliphatic rings. The third-order valence-corrected chi connectivity index (χ3v) is 2.81. The van der Waals surface area contributed by atoms with Gasteiger partial charge in [-0.3, -0.25) is 9.36 Å². The molecule has 1 saturated heterocycles. The fourth-order valence-electron chi connectivity index (χ4n) is 1.83. The lowest BCUT2D eigenvalue weighted by atomic mass is 10.0. The quantitative estimate of drug-likeness (QED) is 0.567. The van der Waals surface area contributed by atoms with Crippen LogP contribution in [0.15, 0.2) is 6.33 Å². The van der Waals surface area contributed by atoms with Crippen molar-refractivity contribution in [2.24, 2.45) is 13.0 Å². The lowest BCUT2D eigenvalue weighted by Crippen LogP contribution is -2.33. The van der Waals surface area contributed by atoms with Crippen LogP contribution in [0.3, 0.4) is 0 Å². The fraction of sp³-hybridized carbons (Fsp3) is 0.556. The Morgan fingerprint density at radius 2 is 2.44 bits per heavy atom. The molecule has 9 heteroatoms. The molecule has 2 rings (SSSR count). The van der Waals surface area contributed by atoms with Gasteiger partial charge in [0, 0.05) is 7.05 Å². The third kappa shape index (κ3) is 2.12. The maximum absolute atomic E-state index is 11.0. The minimum Gasteiger partial charge on any atom is -0.481 e. The van der Waals surface area contributed by atoms with Gasteiger partial charge in [-0.1, -0.05) is 0 Å². The number of hydrogen-bond acceptors (Lipinski definition) is 6. The maximum Gasteiger partial charge on any atom is 0.406 e. The topological polar surface area (TPSA) is 120 Å². The van der Waals surface area contributed by atoms with Crippen molar-refractivity contribution < 1.29 is 19.6 Å². The highest BCUT2D eigenvalue weighted by Gasteiger charge is 2.36. The number of nitrogens with zero attached hydrogens (tertiary/aromatic N) is 3. The number of carboxylic acids is 1. The van der Waals surface area contributed by atoms with Gasteiger partial charge in [0.05, 0.1) is 19.3 Å². The van der Waals surface area contributed by atoms with E-state index in [1.54, 1.807) is 7.05 Å². The van der Waals surface area contributed by atoms with E-state index in [9.17, 15) is 14.9 Å². The van der Waals surface area contributed by atoms with Crippen molar-refractivity contribution in [3.63, 3.8) is 0 Å². The molecule has 1 aromatic rings. The number of aryl methyl sites for hydroxylation is 1. The van der Waals surface area contributed by atoms with Crippen LogP contribution < -0.4 is 5.32 Å². The Kier molecular flexibility index (Phi) is 3.15. The molecule has 0 spiro atoms. The average molecular weight is 256 g/mol. The van der Waals surface area contributed by atoms with E-state index in [2.05, 4.69) is 10.3 Å². The first kappa shape index (κ1) is 12.3. The Balaban J connectivity index is 2.21. The van der Waals surface area contributed by atoms with Gasteiger partial charge in [-0.2, -0.15) is 0 Å². The van der Waals surface area contributed by atoms with Gasteiger partial charge in [-0.25, -0.2) is 0 Å². The van der Waals surface area contributed by atoms with Crippen LogP contribution in [0.25, 0.3) is 0 Å². The first-order chi connectivity index (χ1) is 8.50. The molecule has 0 radical (unpaired) electrons. The second kappa shape index (κ2) is 4.61. The largest absolute Gasteiger partial charge is 0.481 e. The van der Waals surface area contributed by atoms with Crippen LogP contribution in [-0.4, -0.2) is 44.8 Å². The monoisotopic (exact) mass is 256 g/mol. The summed E-state index contributed by atoms with van der Waals surface area (Å²) in [4.78, 5) is 24.8. The van der Waals surface area contributed by atoms with Crippen molar-refractivity contribution in [1.82, 2.24) is 9.55 Å². The molecule has 0 saturated carbocycles. The number of imidazole rings is 1. The predicted octanol–water partition coefficient (Wildman–Crippen LogP) is -0.160. The van der Waals surface area contributed by atoms with Gasteiger partial charge >= 0.3 is 11.8 Å². The second-order valence-corrected chi connectivity index (χ2v) is 4.02. The molecule has 2 unspecified atom stereocenters. The summed E-state index contributed by atoms with van der Waals surface area (Å²) in [7, 11) is 1.59. The number of ether oxygens (including phenoxy) is 1. The van der Waals surface area contributed by atoms with Crippen LogP contribution >= 0.6 is 0 Å². The van der Waals surface area contributed by atoms with Crippen molar-refractivity contribution >= 4 is 17.6 Å². The van der Waals surface area contributed by atoms with E-state index in [1.165, 1.54) is 10.9 Å². The van der Waals surface area contributed by atoms with Gasteiger partial charge in [0.1, 0.15) is 5.92 Å². The normalized spacial score (nSPS) is 22.9. The number of rotatable bonds is 4. The number of aromatic nitrogens is 2. The molecule has 2 N–H and O–H groups in total. The standard InChI is InChI=1S/C9H12N4O5/c1-12-4-10-7(13(16)17)8(12)11-6-3-18-2-5(6)9(14)15/h4-6,11H,2-3H2,1H3,(H,14,15). The van der Waals surface area contributed by atoms with Crippen molar-refractivity contribution in [3.8, 4) is 0 Å². The van der Waals surface area contributed by atoms with Gasteiger partial charge in [-0.15, -0.1) is 0 Å². The van der Waals surface area contributed by atoms with Crippen LogP contribution in [0.4, 0.5) is 11.6 Å². The van der Waals surface area contributed by atoms with Crippen LogP contribution in [0.5, 0.6) is 0 Å². The number of hydrogen-bond donors (Lipinski definition) is 2. The van der Waals surface area contributed by atoms with Crippen LogP contribution in [0.1, 0.15) is 0 Å². The number of anilines is 1. The Morgan fingerprint density at radius 3 is 3.06 bits per heavy atom. The minimum atomic E-state index is -0.991. The number of aliphatic carboxylic acids is 1. The van der Waals surface area contributed by atoms with Gasteiger partial charge in [-0.05, 0) is 9.91 Å². The Hall–Kier alpha value is -2.16. The van der Waals surface area contributed by atoms with Gasteiger partial charge in [0.25, 0.3) is 0 Å². The third-order valence-electron chi connectivity index (χ3n) is 2.81. The summed E-state index contributed by atoms with van der Waals surface area (Å²) in [6, 6.07) is -0.503. The lowest BCUT2D eigenvalue weighted by molar-refractivity contribution is -0.388. The van der Waals surface area contributed by atoms with E-state index in [0.717, 1.165) is 0 Å². The Labute approximate surface area is 102 Å². The Bertz CT molecular complexity index is 485. The summed E-state index contributed by atoms with van der Waals surface area (Å²) < 4.78 is 6.52. The van der Waals surface area contributed by atoms with E-state index >= 15 is 0 Å². The highest BCUT2D eigenvalue weighted by Crippen LogP contribution is 2.25. The first-order valence-corrected chi connectivity index (χ1v) is 5.23. The molecule has 0 amide bonds. The van der Waals surface area contributed by atoms with E-state index in [4.69, 9.17) is 9.84 Å². The molecule has 9 nitrogen and oxygen atoms in total. The van der Waals surface area contributed by atoms with E-state index in [-0.39, 0.29) is 24.8 Å². The van der Waals surface area contributed by atoms with Gasteiger partial charge in [0.15, 0.2) is 0 Å². The second-order valence-electron chi connectivity index (χ2n) is 4.02. The van der Waals surface area contributed by atoms with E-state index in [1.807, 2.05) is 0 Å². The molecule has 0 aliphatic carbocycles. The number of carbonyl (C=O) groups is 1. The predicted molar refractivity (Wildman–Crippen MR) is 59.2 cm³/mol. The zero-order valence-corrected chi connectivity index (χ0v) is 9.57. The highest BCUT2D eigenvalue weighted by atomic mass is 16.6. The van der Waals surface area contributed by atoms with Crippen LogP contribution in [0, 0.1) is 16.0 Å². The SMILES string of the molecule is Cn1cnc([N+](=O)[O-])c1NC1COCC1C(=O)O. The zero-order valence-electron chi connectivity index (χ0n) is 9.57. The maximum atomic E-state index is 11.0. The zero-order chi connectivity index (χ0) is 13.3. The summed E-state index contributed by atoms with van der Waals surface area (Å²) in [5.74, 6) is -1.86. The molecule has 2 atom stereocenters. The average Bonchev–Trinajstić information content (AvgIpc) is 2.87. The summed E-state index contributed by atoms with van der Waals surface area (Å²) in [6.45, 7) is 0.290. The summed E-state index contributed by atoms with van der Waals surface area (Å²) in [6.07, 6.45) is 1.30. The summed E-state index contributed by atoms with van der Waals surface area (Å²) in [5, 5.41) is 22.6. The summed E-state index contributed by atoms with van der Waals surface area (Å²) in [5.41, 5.74) is 0. The number of nitro groups is 1. The molecular weight excluding hydrogens is 244 g/mol. The fourth-order valence-corrected chi connectivity index (χ4v) is 1.83. The number of nitrogens with one attached hydrogen (secondary N) is 1. The molecule has 1 aliphatic heterocycles. The van der Waals surface area contributed by atoms with E-state index < -0.39 is 22.9 Å².